The number of anilines is 1. The van der Waals surface area contributed by atoms with Crippen LogP contribution in [0.4, 0.5) is 5.69 Å². The number of carbonyl (C=O) groups excluding carboxylic acids is 1. The molecule has 1 N–H and O–H groups in total. The molecule has 1 fully saturated rings. The molecule has 1 saturated heterocycles. The van der Waals surface area contributed by atoms with E-state index in [1.807, 2.05) is 24.3 Å². The van der Waals surface area contributed by atoms with Gasteiger partial charge in [-0.05, 0) is 53.0 Å². The maximum absolute atomic E-state index is 13.0. The summed E-state index contributed by atoms with van der Waals surface area (Å²) in [6.45, 7) is 0.581. The number of rotatable bonds is 5. The summed E-state index contributed by atoms with van der Waals surface area (Å²) in [5.74, 6) is -0.615. The van der Waals surface area contributed by atoms with Gasteiger partial charge in [-0.25, -0.2) is 13.1 Å². The smallest absolute Gasteiger partial charge is 0.243 e. The van der Waals surface area contributed by atoms with Crippen molar-refractivity contribution < 1.29 is 13.2 Å². The molecule has 0 bridgehead atoms. The number of sulfonamides is 1. The fourth-order valence-electron chi connectivity index (χ4n) is 3.56. The second kappa shape index (κ2) is 8.71. The number of amides is 1. The van der Waals surface area contributed by atoms with Crippen LogP contribution in [-0.2, 0) is 14.8 Å². The number of hydrogen-bond donors (Lipinski definition) is 1. The van der Waals surface area contributed by atoms with Gasteiger partial charge < -0.3 is 5.32 Å². The van der Waals surface area contributed by atoms with E-state index in [9.17, 15) is 13.2 Å². The van der Waals surface area contributed by atoms with Gasteiger partial charge in [0.2, 0.25) is 15.9 Å². The summed E-state index contributed by atoms with van der Waals surface area (Å²) in [5.41, 5.74) is 1.36. The average molecular weight is 489 g/mol. The third-order valence-corrected chi connectivity index (χ3v) is 7.38. The fourth-order valence-corrected chi connectivity index (χ4v) is 5.39. The average Bonchev–Trinajstić information content (AvgIpc) is 3.21. The van der Waals surface area contributed by atoms with Gasteiger partial charge >= 0.3 is 0 Å². The number of nitrogens with one attached hydrogen (secondary N) is 1. The van der Waals surface area contributed by atoms with Crippen LogP contribution in [0.2, 0.25) is 0 Å². The highest BCUT2D eigenvalue weighted by Crippen LogP contribution is 2.26. The highest BCUT2D eigenvalue weighted by atomic mass is 79.9. The van der Waals surface area contributed by atoms with Crippen molar-refractivity contribution in [2.75, 3.05) is 18.4 Å². The van der Waals surface area contributed by atoms with Gasteiger partial charge in [-0.1, -0.05) is 30.3 Å². The number of benzene rings is 2. The Kier molecular flexibility index (Phi) is 6.03. The number of halogens is 1. The van der Waals surface area contributed by atoms with Crippen LogP contribution >= 0.6 is 15.9 Å². The van der Waals surface area contributed by atoms with Crippen molar-refractivity contribution in [3.8, 4) is 5.69 Å². The standard InChI is InChI=1S/C21H21BrN4O3S/c22-17-13-23-26(15-17)20-11-5-4-10-19(20)24-21(27)16-7-6-12-25(14-16)30(28,29)18-8-2-1-3-9-18/h1-5,8-11,13,15-16H,6-7,12,14H2,(H,24,27). The molecule has 7 nitrogen and oxygen atoms in total. The lowest BCUT2D eigenvalue weighted by atomic mass is 9.98. The van der Waals surface area contributed by atoms with E-state index in [2.05, 4.69) is 26.3 Å². The van der Waals surface area contributed by atoms with Crippen molar-refractivity contribution in [3.05, 3.63) is 71.5 Å². The zero-order chi connectivity index (χ0) is 21.1. The minimum Gasteiger partial charge on any atom is -0.324 e. The van der Waals surface area contributed by atoms with Crippen molar-refractivity contribution in [2.45, 2.75) is 17.7 Å². The number of piperidine rings is 1. The number of aromatic nitrogens is 2. The molecular formula is C21H21BrN4O3S. The lowest BCUT2D eigenvalue weighted by Gasteiger charge is -2.31. The molecule has 30 heavy (non-hydrogen) atoms. The van der Waals surface area contributed by atoms with E-state index in [1.165, 1.54) is 4.31 Å². The van der Waals surface area contributed by atoms with Gasteiger partial charge in [0, 0.05) is 19.3 Å². The largest absolute Gasteiger partial charge is 0.324 e. The number of hydrogen-bond acceptors (Lipinski definition) is 4. The van der Waals surface area contributed by atoms with Gasteiger partial charge in [-0.3, -0.25) is 4.79 Å². The molecule has 4 rings (SSSR count). The van der Waals surface area contributed by atoms with Gasteiger partial charge in [0.25, 0.3) is 0 Å². The van der Waals surface area contributed by atoms with Gasteiger partial charge in [0.1, 0.15) is 0 Å². The normalized spacial score (nSPS) is 17.6. The molecule has 2 aromatic carbocycles. The molecule has 0 spiro atoms. The number of para-hydroxylation sites is 2. The first kappa shape index (κ1) is 20.8. The Balaban J connectivity index is 1.51. The monoisotopic (exact) mass is 488 g/mol. The Hall–Kier alpha value is -2.49. The van der Waals surface area contributed by atoms with E-state index in [0.717, 1.165) is 10.2 Å². The minimum absolute atomic E-state index is 0.165. The number of nitrogens with zero attached hydrogens (tertiary/aromatic N) is 3. The molecule has 0 aliphatic carbocycles. The van der Waals surface area contributed by atoms with Crippen molar-refractivity contribution >= 4 is 37.5 Å². The molecule has 0 saturated carbocycles. The summed E-state index contributed by atoms with van der Waals surface area (Å²) in [6, 6.07) is 15.7. The van der Waals surface area contributed by atoms with Crippen molar-refractivity contribution in [1.29, 1.82) is 0 Å². The molecule has 156 valence electrons. The molecule has 1 unspecified atom stereocenters. The zero-order valence-electron chi connectivity index (χ0n) is 16.1. The van der Waals surface area contributed by atoms with E-state index in [1.54, 1.807) is 47.4 Å². The van der Waals surface area contributed by atoms with E-state index >= 15 is 0 Å². The second-order valence-corrected chi connectivity index (χ2v) is 9.98. The van der Waals surface area contributed by atoms with Gasteiger partial charge in [0.15, 0.2) is 0 Å². The van der Waals surface area contributed by atoms with Crippen LogP contribution in [0.3, 0.4) is 0 Å². The van der Waals surface area contributed by atoms with E-state index < -0.39 is 15.9 Å². The quantitative estimate of drug-likeness (QED) is 0.593. The molecule has 3 aromatic rings. The minimum atomic E-state index is -3.62. The third kappa shape index (κ3) is 4.33. The summed E-state index contributed by atoms with van der Waals surface area (Å²) < 4.78 is 29.8. The van der Waals surface area contributed by atoms with Crippen LogP contribution < -0.4 is 5.32 Å². The summed E-state index contributed by atoms with van der Waals surface area (Å²) in [5, 5.41) is 7.24. The first-order valence-corrected chi connectivity index (χ1v) is 11.8. The first-order valence-electron chi connectivity index (χ1n) is 9.61. The Morgan fingerprint density at radius 2 is 1.83 bits per heavy atom. The maximum atomic E-state index is 13.0. The lowest BCUT2D eigenvalue weighted by molar-refractivity contribution is -0.120. The molecule has 1 aromatic heterocycles. The topological polar surface area (TPSA) is 84.3 Å². The summed E-state index contributed by atoms with van der Waals surface area (Å²) >= 11 is 3.38. The zero-order valence-corrected chi connectivity index (χ0v) is 18.5. The van der Waals surface area contributed by atoms with Crippen LogP contribution in [0.25, 0.3) is 5.69 Å². The Morgan fingerprint density at radius 3 is 2.57 bits per heavy atom. The summed E-state index contributed by atoms with van der Waals surface area (Å²) in [6.07, 6.45) is 4.76. The molecule has 9 heteroatoms. The highest BCUT2D eigenvalue weighted by molar-refractivity contribution is 9.10. The molecule has 1 amide bonds. The van der Waals surface area contributed by atoms with Crippen LogP contribution in [0.15, 0.2) is 76.4 Å². The molecule has 2 heterocycles. The molecule has 1 atom stereocenters. The molecule has 1 aliphatic heterocycles. The maximum Gasteiger partial charge on any atom is 0.243 e. The Bertz CT molecular complexity index is 1150. The van der Waals surface area contributed by atoms with Crippen LogP contribution in [0, 0.1) is 5.92 Å². The molecule has 1 aliphatic rings. The lowest BCUT2D eigenvalue weighted by Crippen LogP contribution is -2.43. The highest BCUT2D eigenvalue weighted by Gasteiger charge is 2.33. The van der Waals surface area contributed by atoms with Crippen LogP contribution in [-0.4, -0.2) is 41.5 Å². The van der Waals surface area contributed by atoms with Gasteiger partial charge in [-0.15, -0.1) is 0 Å². The predicted octanol–water partition coefficient (Wildman–Crippen LogP) is 3.67. The van der Waals surface area contributed by atoms with E-state index in [-0.39, 0.29) is 17.3 Å². The second-order valence-electron chi connectivity index (χ2n) is 7.12. The SMILES string of the molecule is O=C(Nc1ccccc1-n1cc(Br)cn1)C1CCCN(S(=O)(=O)c2ccccc2)C1. The van der Waals surface area contributed by atoms with Crippen LogP contribution in [0.5, 0.6) is 0 Å². The fraction of sp³-hybridized carbons (Fsp3) is 0.238. The van der Waals surface area contributed by atoms with Crippen molar-refractivity contribution in [3.63, 3.8) is 0 Å². The summed E-state index contributed by atoms with van der Waals surface area (Å²) in [7, 11) is -3.62. The van der Waals surface area contributed by atoms with E-state index in [4.69, 9.17) is 0 Å². The summed E-state index contributed by atoms with van der Waals surface area (Å²) in [4.78, 5) is 13.2. The van der Waals surface area contributed by atoms with Gasteiger partial charge in [0.05, 0.1) is 32.9 Å². The van der Waals surface area contributed by atoms with Crippen LogP contribution in [0.1, 0.15) is 12.8 Å². The van der Waals surface area contributed by atoms with E-state index in [0.29, 0.717) is 25.1 Å². The number of carbonyl (C=O) groups is 1. The predicted molar refractivity (Wildman–Crippen MR) is 118 cm³/mol. The molecule has 0 radical (unpaired) electrons. The molecular weight excluding hydrogens is 468 g/mol. The Morgan fingerprint density at radius 1 is 1.10 bits per heavy atom. The Labute approximate surface area is 183 Å². The van der Waals surface area contributed by atoms with Crippen molar-refractivity contribution in [1.82, 2.24) is 14.1 Å². The van der Waals surface area contributed by atoms with Crippen molar-refractivity contribution in [2.24, 2.45) is 5.92 Å². The van der Waals surface area contributed by atoms with Gasteiger partial charge in [-0.2, -0.15) is 9.40 Å². The first-order chi connectivity index (χ1) is 14.4. The third-order valence-electron chi connectivity index (χ3n) is 5.10.